The molecule has 3 rings (SSSR count). The van der Waals surface area contributed by atoms with E-state index in [1.54, 1.807) is 6.33 Å². The predicted octanol–water partition coefficient (Wildman–Crippen LogP) is 2.49. The molecule has 2 aromatic heterocycles. The Morgan fingerprint density at radius 2 is 2.23 bits per heavy atom. The number of fused-ring (bicyclic) bond motifs is 1. The first-order valence-electron chi connectivity index (χ1n) is 4.34. The van der Waals surface area contributed by atoms with Crippen LogP contribution in [0.4, 0.5) is 0 Å². The van der Waals surface area contributed by atoms with Gasteiger partial charge in [0.1, 0.15) is 17.1 Å². The minimum absolute atomic E-state index is 0.636. The summed E-state index contributed by atoms with van der Waals surface area (Å²) in [5.41, 5.74) is 2.00. The molecule has 0 unspecified atom stereocenters. The number of aromatic nitrogens is 3. The van der Waals surface area contributed by atoms with Crippen molar-refractivity contribution in [2.45, 2.75) is 18.8 Å². The van der Waals surface area contributed by atoms with E-state index in [4.69, 9.17) is 11.6 Å². The van der Waals surface area contributed by atoms with Crippen molar-refractivity contribution in [2.24, 2.45) is 0 Å². The van der Waals surface area contributed by atoms with E-state index in [0.717, 1.165) is 16.7 Å². The van der Waals surface area contributed by atoms with Crippen LogP contribution in [0.1, 0.15) is 24.5 Å². The van der Waals surface area contributed by atoms with E-state index in [1.165, 1.54) is 12.8 Å². The summed E-state index contributed by atoms with van der Waals surface area (Å²) in [6.45, 7) is 0. The number of hydrogen-bond donors (Lipinski definition) is 1. The fourth-order valence-electron chi connectivity index (χ4n) is 1.61. The van der Waals surface area contributed by atoms with E-state index in [9.17, 15) is 0 Å². The lowest BCUT2D eigenvalue weighted by Gasteiger charge is -1.96. The third-order valence-electron chi connectivity index (χ3n) is 2.39. The van der Waals surface area contributed by atoms with Gasteiger partial charge in [0.25, 0.3) is 0 Å². The molecule has 0 spiro atoms. The SMILES string of the molecule is Clc1cc2c(C3CC3)ncnc2[nH]1. The van der Waals surface area contributed by atoms with Crippen LogP contribution in [0.5, 0.6) is 0 Å². The van der Waals surface area contributed by atoms with E-state index < -0.39 is 0 Å². The number of halogens is 1. The van der Waals surface area contributed by atoms with E-state index in [1.807, 2.05) is 6.07 Å². The van der Waals surface area contributed by atoms with Gasteiger partial charge in [0.15, 0.2) is 0 Å². The standard InChI is InChI=1S/C9H8ClN3/c10-7-3-6-8(5-1-2-5)11-4-12-9(6)13-7/h3-5H,1-2H2,(H,11,12,13). The summed E-state index contributed by atoms with van der Waals surface area (Å²) < 4.78 is 0. The summed E-state index contributed by atoms with van der Waals surface area (Å²) >= 11 is 5.86. The molecule has 0 aromatic carbocycles. The highest BCUT2D eigenvalue weighted by Gasteiger charge is 2.27. The molecule has 0 aliphatic heterocycles. The van der Waals surface area contributed by atoms with Crippen LogP contribution >= 0.6 is 11.6 Å². The normalized spacial score (nSPS) is 16.7. The van der Waals surface area contributed by atoms with Crippen molar-refractivity contribution in [3.63, 3.8) is 0 Å². The summed E-state index contributed by atoms with van der Waals surface area (Å²) in [6.07, 6.45) is 4.09. The molecular weight excluding hydrogens is 186 g/mol. The van der Waals surface area contributed by atoms with Crippen LogP contribution in [0.2, 0.25) is 5.15 Å². The summed E-state index contributed by atoms with van der Waals surface area (Å²) in [5, 5.41) is 1.72. The van der Waals surface area contributed by atoms with Gasteiger partial charge in [-0.3, -0.25) is 0 Å². The molecular formula is C9H8ClN3. The quantitative estimate of drug-likeness (QED) is 0.756. The van der Waals surface area contributed by atoms with Gasteiger partial charge in [0.2, 0.25) is 0 Å². The van der Waals surface area contributed by atoms with Crippen molar-refractivity contribution in [2.75, 3.05) is 0 Å². The Hall–Kier alpha value is -1.09. The van der Waals surface area contributed by atoms with Crippen LogP contribution < -0.4 is 0 Å². The number of nitrogens with zero attached hydrogens (tertiary/aromatic N) is 2. The van der Waals surface area contributed by atoms with Crippen molar-refractivity contribution in [3.8, 4) is 0 Å². The number of hydrogen-bond acceptors (Lipinski definition) is 2. The Bertz CT molecular complexity index is 459. The summed E-state index contributed by atoms with van der Waals surface area (Å²) in [6, 6.07) is 1.91. The minimum Gasteiger partial charge on any atom is -0.330 e. The lowest BCUT2D eigenvalue weighted by atomic mass is 10.2. The summed E-state index contributed by atoms with van der Waals surface area (Å²) in [5.74, 6) is 0.636. The smallest absolute Gasteiger partial charge is 0.142 e. The van der Waals surface area contributed by atoms with Crippen LogP contribution in [0.3, 0.4) is 0 Å². The molecule has 2 heterocycles. The van der Waals surface area contributed by atoms with Crippen molar-refractivity contribution >= 4 is 22.6 Å². The third-order valence-corrected chi connectivity index (χ3v) is 2.59. The fraction of sp³-hybridized carbons (Fsp3) is 0.333. The second kappa shape index (κ2) is 2.45. The molecule has 3 nitrogen and oxygen atoms in total. The van der Waals surface area contributed by atoms with Gasteiger partial charge in [-0.2, -0.15) is 0 Å². The van der Waals surface area contributed by atoms with Gasteiger partial charge in [-0.05, 0) is 18.9 Å². The first kappa shape index (κ1) is 7.33. The number of H-pyrrole nitrogens is 1. The van der Waals surface area contributed by atoms with Gasteiger partial charge in [-0.25, -0.2) is 9.97 Å². The van der Waals surface area contributed by atoms with E-state index in [0.29, 0.717) is 11.1 Å². The number of rotatable bonds is 1. The lowest BCUT2D eigenvalue weighted by Crippen LogP contribution is -1.88. The molecule has 0 radical (unpaired) electrons. The predicted molar refractivity (Wildman–Crippen MR) is 50.9 cm³/mol. The Kier molecular flexibility index (Phi) is 1.38. The second-order valence-corrected chi connectivity index (χ2v) is 3.82. The van der Waals surface area contributed by atoms with Crippen LogP contribution in [-0.4, -0.2) is 15.0 Å². The highest BCUT2D eigenvalue weighted by atomic mass is 35.5. The Morgan fingerprint density at radius 1 is 1.38 bits per heavy atom. The van der Waals surface area contributed by atoms with Gasteiger partial charge < -0.3 is 4.98 Å². The van der Waals surface area contributed by atoms with Gasteiger partial charge in [-0.1, -0.05) is 11.6 Å². The van der Waals surface area contributed by atoms with Gasteiger partial charge >= 0.3 is 0 Å². The van der Waals surface area contributed by atoms with Crippen LogP contribution in [0.25, 0.3) is 11.0 Å². The van der Waals surface area contributed by atoms with Gasteiger partial charge in [-0.15, -0.1) is 0 Å². The number of aromatic amines is 1. The molecule has 0 amide bonds. The zero-order valence-corrected chi connectivity index (χ0v) is 7.67. The average molecular weight is 194 g/mol. The maximum Gasteiger partial charge on any atom is 0.142 e. The number of nitrogens with one attached hydrogen (secondary N) is 1. The molecule has 1 aliphatic rings. The maximum atomic E-state index is 5.86. The first-order valence-corrected chi connectivity index (χ1v) is 4.71. The molecule has 1 fully saturated rings. The van der Waals surface area contributed by atoms with Gasteiger partial charge in [0, 0.05) is 11.3 Å². The highest BCUT2D eigenvalue weighted by Crippen LogP contribution is 2.41. The molecule has 4 heteroatoms. The second-order valence-electron chi connectivity index (χ2n) is 3.41. The van der Waals surface area contributed by atoms with Crippen molar-refractivity contribution < 1.29 is 0 Å². The van der Waals surface area contributed by atoms with E-state index >= 15 is 0 Å². The average Bonchev–Trinajstić information content (AvgIpc) is 2.86. The fourth-order valence-corrected chi connectivity index (χ4v) is 1.81. The molecule has 0 bridgehead atoms. The Morgan fingerprint density at radius 3 is 3.00 bits per heavy atom. The topological polar surface area (TPSA) is 41.6 Å². The van der Waals surface area contributed by atoms with Crippen LogP contribution in [0.15, 0.2) is 12.4 Å². The molecule has 2 aromatic rings. The third kappa shape index (κ3) is 1.11. The van der Waals surface area contributed by atoms with Crippen molar-refractivity contribution in [3.05, 3.63) is 23.2 Å². The lowest BCUT2D eigenvalue weighted by molar-refractivity contribution is 1.02. The van der Waals surface area contributed by atoms with E-state index in [-0.39, 0.29) is 0 Å². The molecule has 0 atom stereocenters. The molecule has 0 saturated heterocycles. The van der Waals surface area contributed by atoms with E-state index in [2.05, 4.69) is 15.0 Å². The molecule has 13 heavy (non-hydrogen) atoms. The summed E-state index contributed by atoms with van der Waals surface area (Å²) in [4.78, 5) is 11.4. The minimum atomic E-state index is 0.636. The maximum absolute atomic E-state index is 5.86. The van der Waals surface area contributed by atoms with Gasteiger partial charge in [0.05, 0.1) is 5.69 Å². The van der Waals surface area contributed by atoms with Crippen molar-refractivity contribution in [1.82, 2.24) is 15.0 Å². The Balaban J connectivity index is 2.31. The first-order chi connectivity index (χ1) is 6.34. The molecule has 66 valence electrons. The molecule has 1 N–H and O–H groups in total. The monoisotopic (exact) mass is 193 g/mol. The van der Waals surface area contributed by atoms with Crippen molar-refractivity contribution in [1.29, 1.82) is 0 Å². The highest BCUT2D eigenvalue weighted by molar-refractivity contribution is 6.30. The van der Waals surface area contributed by atoms with Crippen LogP contribution in [-0.2, 0) is 0 Å². The molecule has 1 aliphatic carbocycles. The zero-order valence-electron chi connectivity index (χ0n) is 6.92. The van der Waals surface area contributed by atoms with Crippen LogP contribution in [0, 0.1) is 0 Å². The molecule has 1 saturated carbocycles. The summed E-state index contributed by atoms with van der Waals surface area (Å²) in [7, 11) is 0. The Labute approximate surface area is 80.2 Å². The zero-order chi connectivity index (χ0) is 8.84. The largest absolute Gasteiger partial charge is 0.330 e.